The number of rotatable bonds is 7. The van der Waals surface area contributed by atoms with Crippen LogP contribution in [0, 0.1) is 0 Å². The number of nitrogens with one attached hydrogen (secondary N) is 1. The molecule has 0 aliphatic carbocycles. The van der Waals surface area contributed by atoms with Crippen molar-refractivity contribution in [1.82, 2.24) is 5.32 Å². The lowest BCUT2D eigenvalue weighted by molar-refractivity contribution is -0.0141. The summed E-state index contributed by atoms with van der Waals surface area (Å²) in [6.07, 6.45) is 3.61. The van der Waals surface area contributed by atoms with Crippen molar-refractivity contribution >= 4 is 11.6 Å². The molecule has 0 aromatic carbocycles. The average Bonchev–Trinajstić information content (AvgIpc) is 2.54. The monoisotopic (exact) mass is 249 g/mol. The molecule has 3 nitrogen and oxygen atoms in total. The van der Waals surface area contributed by atoms with E-state index < -0.39 is 0 Å². The fraction of sp³-hybridized carbons (Fsp3) is 1.00. The summed E-state index contributed by atoms with van der Waals surface area (Å²) in [5.41, 5.74) is 0.0669. The normalized spacial score (nSPS) is 25.9. The minimum absolute atomic E-state index is 0.0669. The lowest BCUT2D eigenvalue weighted by atomic mass is 10.1. The third kappa shape index (κ3) is 5.48. The van der Waals surface area contributed by atoms with E-state index in [1.807, 2.05) is 0 Å². The Labute approximate surface area is 104 Å². The number of ether oxygens (including phenoxy) is 2. The van der Waals surface area contributed by atoms with Gasteiger partial charge in [-0.05, 0) is 39.7 Å². The van der Waals surface area contributed by atoms with E-state index in [1.165, 1.54) is 0 Å². The summed E-state index contributed by atoms with van der Waals surface area (Å²) in [6, 6.07) is 0. The molecule has 0 amide bonds. The van der Waals surface area contributed by atoms with Gasteiger partial charge in [0.15, 0.2) is 0 Å². The molecule has 0 aromatic heterocycles. The molecule has 1 aliphatic heterocycles. The SMILES string of the molecule is COCC(Cl)CCNCC1CCC(C)(C)O1. The quantitative estimate of drug-likeness (QED) is 0.554. The van der Waals surface area contributed by atoms with Crippen LogP contribution in [0.3, 0.4) is 0 Å². The van der Waals surface area contributed by atoms with Crippen LogP contribution in [0.4, 0.5) is 0 Å². The van der Waals surface area contributed by atoms with Gasteiger partial charge in [0, 0.05) is 13.7 Å². The molecule has 0 saturated carbocycles. The molecule has 96 valence electrons. The highest BCUT2D eigenvalue weighted by molar-refractivity contribution is 6.20. The van der Waals surface area contributed by atoms with Crippen molar-refractivity contribution in [3.05, 3.63) is 0 Å². The molecule has 1 heterocycles. The molecular weight excluding hydrogens is 226 g/mol. The molecule has 0 spiro atoms. The van der Waals surface area contributed by atoms with Gasteiger partial charge in [-0.1, -0.05) is 0 Å². The first-order valence-corrected chi connectivity index (χ1v) is 6.49. The molecule has 1 fully saturated rings. The van der Waals surface area contributed by atoms with E-state index in [0.29, 0.717) is 12.7 Å². The van der Waals surface area contributed by atoms with Gasteiger partial charge in [0.25, 0.3) is 0 Å². The van der Waals surface area contributed by atoms with Gasteiger partial charge in [0.05, 0.1) is 23.7 Å². The van der Waals surface area contributed by atoms with Crippen LogP contribution < -0.4 is 5.32 Å². The largest absolute Gasteiger partial charge is 0.383 e. The van der Waals surface area contributed by atoms with Crippen molar-refractivity contribution in [2.75, 3.05) is 26.8 Å². The zero-order chi connectivity index (χ0) is 12.0. The van der Waals surface area contributed by atoms with Crippen molar-refractivity contribution in [3.63, 3.8) is 0 Å². The zero-order valence-corrected chi connectivity index (χ0v) is 11.3. The maximum atomic E-state index is 6.03. The molecule has 0 aromatic rings. The molecule has 2 unspecified atom stereocenters. The Morgan fingerprint density at radius 2 is 2.31 bits per heavy atom. The van der Waals surface area contributed by atoms with Gasteiger partial charge in [0.1, 0.15) is 0 Å². The number of hydrogen-bond donors (Lipinski definition) is 1. The van der Waals surface area contributed by atoms with Crippen LogP contribution in [-0.4, -0.2) is 43.9 Å². The van der Waals surface area contributed by atoms with E-state index in [-0.39, 0.29) is 11.0 Å². The van der Waals surface area contributed by atoms with E-state index in [0.717, 1.165) is 32.4 Å². The van der Waals surface area contributed by atoms with Gasteiger partial charge in [-0.2, -0.15) is 0 Å². The summed E-state index contributed by atoms with van der Waals surface area (Å²) >= 11 is 6.03. The number of hydrogen-bond acceptors (Lipinski definition) is 3. The summed E-state index contributed by atoms with van der Waals surface area (Å²) in [6.45, 7) is 6.79. The first-order chi connectivity index (χ1) is 7.53. The van der Waals surface area contributed by atoms with Crippen LogP contribution in [0.1, 0.15) is 33.1 Å². The van der Waals surface area contributed by atoms with Crippen molar-refractivity contribution in [2.24, 2.45) is 0 Å². The number of alkyl halides is 1. The molecule has 0 radical (unpaired) electrons. The van der Waals surface area contributed by atoms with Crippen molar-refractivity contribution in [1.29, 1.82) is 0 Å². The molecule has 1 N–H and O–H groups in total. The average molecular weight is 250 g/mol. The summed E-state index contributed by atoms with van der Waals surface area (Å²) in [5, 5.41) is 3.50. The number of halogens is 1. The van der Waals surface area contributed by atoms with Gasteiger partial charge in [0.2, 0.25) is 0 Å². The van der Waals surface area contributed by atoms with E-state index in [9.17, 15) is 0 Å². The molecule has 16 heavy (non-hydrogen) atoms. The Morgan fingerprint density at radius 3 is 2.88 bits per heavy atom. The maximum Gasteiger partial charge on any atom is 0.0707 e. The topological polar surface area (TPSA) is 30.5 Å². The predicted octanol–water partition coefficient (Wildman–Crippen LogP) is 2.18. The fourth-order valence-electron chi connectivity index (χ4n) is 2.01. The van der Waals surface area contributed by atoms with Gasteiger partial charge < -0.3 is 14.8 Å². The summed E-state index contributed by atoms with van der Waals surface area (Å²) < 4.78 is 10.9. The molecular formula is C12H24ClNO2. The Bertz CT molecular complexity index is 199. The van der Waals surface area contributed by atoms with E-state index in [2.05, 4.69) is 19.2 Å². The van der Waals surface area contributed by atoms with Crippen LogP contribution in [0.2, 0.25) is 0 Å². The smallest absolute Gasteiger partial charge is 0.0707 e. The van der Waals surface area contributed by atoms with Crippen LogP contribution in [-0.2, 0) is 9.47 Å². The van der Waals surface area contributed by atoms with Gasteiger partial charge in [-0.25, -0.2) is 0 Å². The Morgan fingerprint density at radius 1 is 1.56 bits per heavy atom. The highest BCUT2D eigenvalue weighted by Crippen LogP contribution is 2.28. The fourth-order valence-corrected chi connectivity index (χ4v) is 2.24. The molecule has 0 bridgehead atoms. The third-order valence-corrected chi connectivity index (χ3v) is 3.25. The standard InChI is InChI=1S/C12H24ClNO2/c1-12(2)6-4-11(16-12)8-14-7-5-10(13)9-15-3/h10-11,14H,4-9H2,1-3H3. The minimum atomic E-state index is 0.0669. The van der Waals surface area contributed by atoms with Gasteiger partial charge in [-0.15, -0.1) is 11.6 Å². The lowest BCUT2D eigenvalue weighted by Crippen LogP contribution is -2.31. The molecule has 1 rings (SSSR count). The van der Waals surface area contributed by atoms with Crippen LogP contribution in [0.15, 0.2) is 0 Å². The Hall–Kier alpha value is 0.170. The van der Waals surface area contributed by atoms with E-state index >= 15 is 0 Å². The summed E-state index contributed by atoms with van der Waals surface area (Å²) in [5.74, 6) is 0. The first-order valence-electron chi connectivity index (χ1n) is 6.05. The Balaban J connectivity index is 2.00. The van der Waals surface area contributed by atoms with Gasteiger partial charge >= 0.3 is 0 Å². The zero-order valence-electron chi connectivity index (χ0n) is 10.6. The minimum Gasteiger partial charge on any atom is -0.383 e. The highest BCUT2D eigenvalue weighted by Gasteiger charge is 2.30. The summed E-state index contributed by atoms with van der Waals surface area (Å²) in [7, 11) is 1.68. The van der Waals surface area contributed by atoms with Crippen LogP contribution in [0.5, 0.6) is 0 Å². The molecule has 4 heteroatoms. The second-order valence-corrected chi connectivity index (χ2v) is 5.70. The van der Waals surface area contributed by atoms with Gasteiger partial charge in [-0.3, -0.25) is 0 Å². The highest BCUT2D eigenvalue weighted by atomic mass is 35.5. The second kappa shape index (κ2) is 6.80. The van der Waals surface area contributed by atoms with E-state index in [1.54, 1.807) is 7.11 Å². The first kappa shape index (κ1) is 14.2. The Kier molecular flexibility index (Phi) is 6.05. The van der Waals surface area contributed by atoms with Crippen LogP contribution in [0.25, 0.3) is 0 Å². The lowest BCUT2D eigenvalue weighted by Gasteiger charge is -2.19. The van der Waals surface area contributed by atoms with Crippen molar-refractivity contribution < 1.29 is 9.47 Å². The summed E-state index contributed by atoms with van der Waals surface area (Å²) in [4.78, 5) is 0. The third-order valence-electron chi connectivity index (χ3n) is 2.91. The van der Waals surface area contributed by atoms with Crippen molar-refractivity contribution in [2.45, 2.75) is 50.2 Å². The molecule has 1 aliphatic rings. The van der Waals surface area contributed by atoms with Crippen molar-refractivity contribution in [3.8, 4) is 0 Å². The predicted molar refractivity (Wildman–Crippen MR) is 67.2 cm³/mol. The van der Waals surface area contributed by atoms with E-state index in [4.69, 9.17) is 21.1 Å². The second-order valence-electron chi connectivity index (χ2n) is 5.08. The maximum absolute atomic E-state index is 6.03. The molecule has 2 atom stereocenters. The van der Waals surface area contributed by atoms with Crippen LogP contribution >= 0.6 is 11.6 Å². The number of methoxy groups -OCH3 is 1. The molecule has 1 saturated heterocycles.